The summed E-state index contributed by atoms with van der Waals surface area (Å²) in [5.74, 6) is 0.0131. The van der Waals surface area contributed by atoms with Gasteiger partial charge in [-0.2, -0.15) is 4.80 Å². The van der Waals surface area contributed by atoms with E-state index in [1.807, 2.05) is 60.0 Å². The standard InChI is InChI=1S/C27H27ClN6O2S/c28-21-14-12-20(13-15-21)25(27(36)29-17-19-7-2-1-3-8-19)34(22-9-4-5-10-22)24(35)18-33-31-26(30-32-33)23-11-6-16-37-23/h1-3,6-8,11-16,22,25H,4-5,9-10,17-18H2,(H,29,36)/t25-/m1/s1. The maximum Gasteiger partial charge on any atom is 0.247 e. The van der Waals surface area contributed by atoms with E-state index in [1.54, 1.807) is 17.0 Å². The van der Waals surface area contributed by atoms with E-state index in [0.717, 1.165) is 36.1 Å². The van der Waals surface area contributed by atoms with Crippen LogP contribution in [-0.4, -0.2) is 43.0 Å². The number of rotatable bonds is 9. The lowest BCUT2D eigenvalue weighted by molar-refractivity contribution is -0.144. The van der Waals surface area contributed by atoms with Crippen molar-refractivity contribution >= 4 is 34.8 Å². The molecule has 0 bridgehead atoms. The zero-order valence-electron chi connectivity index (χ0n) is 20.2. The van der Waals surface area contributed by atoms with Crippen molar-refractivity contribution in [2.45, 2.75) is 50.9 Å². The van der Waals surface area contributed by atoms with Crippen molar-refractivity contribution in [1.82, 2.24) is 30.4 Å². The molecule has 0 spiro atoms. The Labute approximate surface area is 224 Å². The molecule has 0 radical (unpaired) electrons. The topological polar surface area (TPSA) is 93.0 Å². The van der Waals surface area contributed by atoms with Gasteiger partial charge in [-0.3, -0.25) is 9.59 Å². The number of tetrazole rings is 1. The van der Waals surface area contributed by atoms with Gasteiger partial charge in [0.2, 0.25) is 17.6 Å². The monoisotopic (exact) mass is 534 g/mol. The summed E-state index contributed by atoms with van der Waals surface area (Å²) in [6.45, 7) is 0.260. The van der Waals surface area contributed by atoms with E-state index in [4.69, 9.17) is 11.6 Å². The lowest BCUT2D eigenvalue weighted by atomic mass is 10.0. The van der Waals surface area contributed by atoms with Gasteiger partial charge in [0.1, 0.15) is 12.6 Å². The van der Waals surface area contributed by atoms with Crippen molar-refractivity contribution in [3.8, 4) is 10.7 Å². The van der Waals surface area contributed by atoms with Crippen LogP contribution in [-0.2, 0) is 22.7 Å². The molecule has 2 aromatic carbocycles. The predicted octanol–water partition coefficient (Wildman–Crippen LogP) is 4.88. The molecule has 1 aliphatic rings. The highest BCUT2D eigenvalue weighted by Gasteiger charge is 2.37. The van der Waals surface area contributed by atoms with E-state index in [9.17, 15) is 9.59 Å². The molecule has 0 saturated heterocycles. The van der Waals surface area contributed by atoms with Gasteiger partial charge in [0.25, 0.3) is 0 Å². The third kappa shape index (κ3) is 6.06. The normalized spacial score (nSPS) is 14.4. The number of nitrogens with one attached hydrogen (secondary N) is 1. The van der Waals surface area contributed by atoms with Crippen LogP contribution in [0.5, 0.6) is 0 Å². The zero-order valence-corrected chi connectivity index (χ0v) is 21.7. The molecule has 0 aliphatic heterocycles. The number of benzene rings is 2. The van der Waals surface area contributed by atoms with E-state index in [2.05, 4.69) is 20.7 Å². The Morgan fingerprint density at radius 3 is 2.51 bits per heavy atom. The van der Waals surface area contributed by atoms with Crippen LogP contribution in [0.2, 0.25) is 5.02 Å². The number of nitrogens with zero attached hydrogens (tertiary/aromatic N) is 5. The number of carbonyl (C=O) groups is 2. The van der Waals surface area contributed by atoms with Crippen molar-refractivity contribution in [3.05, 3.63) is 88.3 Å². The average molecular weight is 535 g/mol. The fraction of sp³-hybridized carbons (Fsp3) is 0.296. The van der Waals surface area contributed by atoms with Gasteiger partial charge in [0, 0.05) is 17.6 Å². The zero-order chi connectivity index (χ0) is 25.6. The number of hydrogen-bond acceptors (Lipinski definition) is 6. The summed E-state index contributed by atoms with van der Waals surface area (Å²) in [5, 5.41) is 18.2. The first kappa shape index (κ1) is 25.1. The minimum Gasteiger partial charge on any atom is -0.350 e. The van der Waals surface area contributed by atoms with Gasteiger partial charge in [0.15, 0.2) is 0 Å². The maximum atomic E-state index is 13.8. The molecular weight excluding hydrogens is 508 g/mol. The smallest absolute Gasteiger partial charge is 0.247 e. The number of hydrogen-bond donors (Lipinski definition) is 1. The molecule has 10 heteroatoms. The molecule has 1 atom stereocenters. The van der Waals surface area contributed by atoms with Crippen LogP contribution >= 0.6 is 22.9 Å². The van der Waals surface area contributed by atoms with E-state index < -0.39 is 6.04 Å². The van der Waals surface area contributed by atoms with Gasteiger partial charge in [-0.05, 0) is 52.8 Å². The molecule has 1 saturated carbocycles. The van der Waals surface area contributed by atoms with Crippen LogP contribution in [0.25, 0.3) is 10.7 Å². The molecule has 1 N–H and O–H groups in total. The first-order valence-electron chi connectivity index (χ1n) is 12.3. The van der Waals surface area contributed by atoms with Crippen LogP contribution in [0, 0.1) is 0 Å². The molecule has 4 aromatic rings. The van der Waals surface area contributed by atoms with E-state index in [0.29, 0.717) is 23.0 Å². The molecule has 2 heterocycles. The summed E-state index contributed by atoms with van der Waals surface area (Å²) < 4.78 is 0. The number of amides is 2. The molecule has 1 fully saturated rings. The quantitative estimate of drug-likeness (QED) is 0.330. The second kappa shape index (κ2) is 11.7. The van der Waals surface area contributed by atoms with Crippen LogP contribution < -0.4 is 5.32 Å². The third-order valence-corrected chi connectivity index (χ3v) is 7.62. The second-order valence-electron chi connectivity index (χ2n) is 9.02. The third-order valence-electron chi connectivity index (χ3n) is 6.50. The molecule has 2 amide bonds. The second-order valence-corrected chi connectivity index (χ2v) is 10.4. The van der Waals surface area contributed by atoms with Crippen molar-refractivity contribution in [2.75, 3.05) is 0 Å². The summed E-state index contributed by atoms with van der Waals surface area (Å²) in [5.41, 5.74) is 1.69. The first-order chi connectivity index (χ1) is 18.1. The summed E-state index contributed by atoms with van der Waals surface area (Å²) in [6.07, 6.45) is 3.70. The average Bonchev–Trinajstić information content (AvgIpc) is 3.70. The fourth-order valence-electron chi connectivity index (χ4n) is 4.72. The van der Waals surface area contributed by atoms with E-state index >= 15 is 0 Å². The largest absolute Gasteiger partial charge is 0.350 e. The molecule has 8 nitrogen and oxygen atoms in total. The van der Waals surface area contributed by atoms with Crippen LogP contribution in [0.15, 0.2) is 72.1 Å². The minimum absolute atomic E-state index is 0.0593. The Morgan fingerprint density at radius 1 is 1.05 bits per heavy atom. The highest BCUT2D eigenvalue weighted by molar-refractivity contribution is 7.13. The predicted molar refractivity (Wildman–Crippen MR) is 143 cm³/mol. The van der Waals surface area contributed by atoms with Gasteiger partial charge >= 0.3 is 0 Å². The summed E-state index contributed by atoms with van der Waals surface area (Å²) in [6, 6.07) is 19.8. The minimum atomic E-state index is -0.808. The molecule has 1 aliphatic carbocycles. The number of thiophene rings is 1. The van der Waals surface area contributed by atoms with Crippen molar-refractivity contribution in [2.24, 2.45) is 0 Å². The highest BCUT2D eigenvalue weighted by Crippen LogP contribution is 2.33. The lowest BCUT2D eigenvalue weighted by Gasteiger charge is -2.36. The van der Waals surface area contributed by atoms with Gasteiger partial charge < -0.3 is 10.2 Å². The molecule has 2 aromatic heterocycles. The van der Waals surface area contributed by atoms with E-state index in [-0.39, 0.29) is 24.4 Å². The van der Waals surface area contributed by atoms with Crippen molar-refractivity contribution in [1.29, 1.82) is 0 Å². The molecular formula is C27H27ClN6O2S. The number of halogens is 1. The van der Waals surface area contributed by atoms with Gasteiger partial charge in [0.05, 0.1) is 4.88 Å². The van der Waals surface area contributed by atoms with Crippen LogP contribution in [0.4, 0.5) is 0 Å². The number of carbonyl (C=O) groups excluding carboxylic acids is 2. The Balaban J connectivity index is 1.43. The van der Waals surface area contributed by atoms with Crippen molar-refractivity contribution < 1.29 is 9.59 Å². The summed E-state index contributed by atoms with van der Waals surface area (Å²) in [4.78, 5) is 31.5. The van der Waals surface area contributed by atoms with Crippen LogP contribution in [0.3, 0.4) is 0 Å². The van der Waals surface area contributed by atoms with Gasteiger partial charge in [-0.15, -0.1) is 21.5 Å². The highest BCUT2D eigenvalue weighted by atomic mass is 35.5. The summed E-state index contributed by atoms with van der Waals surface area (Å²) >= 11 is 7.66. The van der Waals surface area contributed by atoms with Crippen molar-refractivity contribution in [3.63, 3.8) is 0 Å². The van der Waals surface area contributed by atoms with Crippen LogP contribution in [0.1, 0.15) is 42.9 Å². The van der Waals surface area contributed by atoms with Gasteiger partial charge in [-0.25, -0.2) is 0 Å². The Kier molecular flexibility index (Phi) is 7.91. The number of aromatic nitrogens is 4. The van der Waals surface area contributed by atoms with E-state index in [1.165, 1.54) is 16.1 Å². The SMILES string of the molecule is O=C(NCc1ccccc1)[C@@H](c1ccc(Cl)cc1)N(C(=O)Cn1nnc(-c2cccs2)n1)C1CCCC1. The lowest BCUT2D eigenvalue weighted by Crippen LogP contribution is -2.49. The molecule has 37 heavy (non-hydrogen) atoms. The molecule has 190 valence electrons. The Morgan fingerprint density at radius 2 is 1.81 bits per heavy atom. The summed E-state index contributed by atoms with van der Waals surface area (Å²) in [7, 11) is 0. The molecule has 0 unspecified atom stereocenters. The molecule has 5 rings (SSSR count). The fourth-order valence-corrected chi connectivity index (χ4v) is 5.50. The first-order valence-corrected chi connectivity index (χ1v) is 13.5. The maximum absolute atomic E-state index is 13.8. The Bertz CT molecular complexity index is 1320. The van der Waals surface area contributed by atoms with Gasteiger partial charge in [-0.1, -0.05) is 73.0 Å². The Hall–Kier alpha value is -3.56.